The van der Waals surface area contributed by atoms with Gasteiger partial charge >= 0.3 is 5.97 Å². The predicted octanol–water partition coefficient (Wildman–Crippen LogP) is 0.552. The first-order valence-electron chi connectivity index (χ1n) is 37.1. The summed E-state index contributed by atoms with van der Waals surface area (Å²) in [6, 6.07) is 0. The van der Waals surface area contributed by atoms with Crippen molar-refractivity contribution in [1.82, 2.24) is 0 Å². The van der Waals surface area contributed by atoms with Crippen LogP contribution in [-0.2, 0) is 94.8 Å². The van der Waals surface area contributed by atoms with Crippen LogP contribution in [0.1, 0.15) is 139 Å². The molecule has 7 aliphatic heterocycles. The van der Waals surface area contributed by atoms with Crippen LogP contribution < -0.4 is 0 Å². The van der Waals surface area contributed by atoms with Gasteiger partial charge in [0.2, 0.25) is 0 Å². The van der Waals surface area contributed by atoms with Gasteiger partial charge in [0.25, 0.3) is 0 Å². The van der Waals surface area contributed by atoms with Gasteiger partial charge in [-0.25, -0.2) is 4.79 Å². The number of hydrogen-bond donors (Lipinski definition) is 11. The number of aliphatic hydroxyl groups excluding tert-OH is 10. The molecule has 0 aromatic heterocycles. The summed E-state index contributed by atoms with van der Waals surface area (Å²) in [7, 11) is 6.51. The Balaban J connectivity index is 0.639. The summed E-state index contributed by atoms with van der Waals surface area (Å²) < 4.78 is 118. The number of carbonyl (C=O) groups excluding carboxylic acids is 1. The number of hydrogen-bond acceptors (Lipinski definition) is 31. The summed E-state index contributed by atoms with van der Waals surface area (Å²) >= 11 is 0. The van der Waals surface area contributed by atoms with E-state index in [0.717, 1.165) is 25.7 Å². The summed E-state index contributed by atoms with van der Waals surface area (Å²) in [6.45, 7) is 15.5. The molecule has 4 aliphatic carbocycles. The van der Waals surface area contributed by atoms with E-state index in [4.69, 9.17) is 90.0 Å². The number of esters is 1. The van der Waals surface area contributed by atoms with Crippen LogP contribution >= 0.6 is 0 Å². The molecule has 0 radical (unpaired) electrons. The van der Waals surface area contributed by atoms with Gasteiger partial charge in [0.05, 0.1) is 80.4 Å². The second-order valence-electron chi connectivity index (χ2n) is 31.1. The van der Waals surface area contributed by atoms with Crippen LogP contribution in [-0.4, -0.2) is 319 Å². The second kappa shape index (κ2) is 34.2. The Kier molecular flexibility index (Phi) is 27.1. The Morgan fingerprint density at radius 3 is 1.44 bits per heavy atom. The van der Waals surface area contributed by atoms with Crippen LogP contribution in [0, 0.1) is 28.6 Å². The zero-order valence-corrected chi connectivity index (χ0v) is 61.6. The first-order valence-corrected chi connectivity index (χ1v) is 37.1. The monoisotopic (exact) mass is 1480 g/mol. The lowest BCUT2D eigenvalue weighted by Crippen LogP contribution is -2.63. The summed E-state index contributed by atoms with van der Waals surface area (Å²) in [5.74, 6) is -0.493. The van der Waals surface area contributed by atoms with Gasteiger partial charge in [-0.15, -0.1) is 0 Å². The third kappa shape index (κ3) is 16.6. The van der Waals surface area contributed by atoms with Gasteiger partial charge in [-0.3, -0.25) is 0 Å². The molecule has 11 aliphatic rings. The fourth-order valence-corrected chi connectivity index (χ4v) is 18.9. The van der Waals surface area contributed by atoms with Crippen molar-refractivity contribution in [1.29, 1.82) is 0 Å². The molecule has 7 saturated heterocycles. The van der Waals surface area contributed by atoms with E-state index in [1.54, 1.807) is 48.4 Å². The van der Waals surface area contributed by atoms with Crippen LogP contribution in [0.25, 0.3) is 0 Å². The molecular weight excluding hydrogens is 1360 g/mol. The molecule has 0 aromatic carbocycles. The predicted molar refractivity (Wildman–Crippen MR) is 354 cm³/mol. The summed E-state index contributed by atoms with van der Waals surface area (Å²) in [6.07, 6.45) is -22.5. The minimum atomic E-state index is -1.85. The molecule has 0 spiro atoms. The van der Waals surface area contributed by atoms with Crippen LogP contribution in [0.15, 0.2) is 23.3 Å². The molecule has 0 bridgehead atoms. The Labute approximate surface area is 602 Å². The number of ether oxygens (including phenoxy) is 19. The minimum absolute atomic E-state index is 0.0495. The van der Waals surface area contributed by atoms with Crippen molar-refractivity contribution in [3.8, 4) is 0 Å². The normalized spacial score (nSPS) is 50.9. The summed E-state index contributed by atoms with van der Waals surface area (Å²) in [4.78, 5) is 12.7. The quantitative estimate of drug-likeness (QED) is 0.0357. The molecule has 39 atom stereocenters. The van der Waals surface area contributed by atoms with Crippen molar-refractivity contribution in [2.45, 2.75) is 348 Å². The zero-order valence-electron chi connectivity index (χ0n) is 61.6. The standard InChI is InChI=1S/C72H118O31/c1-14-31(2)66(83)103-65-36(7)94-52(27-45(65)88-13)102-64-35(6)93-51(26-44(64)87-12)101-63-34(5)92-50(25-43(63)86-11)100-62-33(4)91-49(24-42(62)85-10)96-38-17-20-70(8)37(23-38)15-16-41-40(70)18-21-71(9)39(19-22-72(41,71)84)32(3)95-69-61(82)58(79)55(76)48(99-69)30-90-68-60(81)57(78)54(75)47(98-68)29-89-67-59(80)56(77)53(74)46(28-73)97-67/h14-15,32-36,38-65,67-69,73-82,84H,16-30H2,1-13H3. The molecule has 0 amide bonds. The van der Waals surface area contributed by atoms with Crippen LogP contribution in [0.2, 0.25) is 0 Å². The van der Waals surface area contributed by atoms with Gasteiger partial charge in [-0.1, -0.05) is 31.6 Å². The third-order valence-electron chi connectivity index (χ3n) is 25.2. The van der Waals surface area contributed by atoms with Gasteiger partial charge in [0, 0.05) is 65.1 Å². The van der Waals surface area contributed by atoms with E-state index in [9.17, 15) is 61.0 Å². The Morgan fingerprint density at radius 1 is 0.544 bits per heavy atom. The van der Waals surface area contributed by atoms with Gasteiger partial charge in [0.1, 0.15) is 97.7 Å². The molecule has 10 fully saturated rings. The number of aliphatic hydroxyl groups is 11. The summed E-state index contributed by atoms with van der Waals surface area (Å²) in [5, 5.41) is 120. The zero-order chi connectivity index (χ0) is 74.5. The molecule has 0 aromatic rings. The van der Waals surface area contributed by atoms with Gasteiger partial charge in [0.15, 0.2) is 50.1 Å². The lowest BCUT2D eigenvalue weighted by Gasteiger charge is -2.61. The Hall–Kier alpha value is -2.21. The molecule has 11 N–H and O–H groups in total. The van der Waals surface area contributed by atoms with E-state index >= 15 is 0 Å². The highest BCUT2D eigenvalue weighted by Crippen LogP contribution is 2.69. The molecule has 103 heavy (non-hydrogen) atoms. The Morgan fingerprint density at radius 2 is 0.971 bits per heavy atom. The highest BCUT2D eigenvalue weighted by Gasteiger charge is 2.68. The summed E-state index contributed by atoms with van der Waals surface area (Å²) in [5.41, 5.74) is -0.0427. The third-order valence-corrected chi connectivity index (χ3v) is 25.2. The van der Waals surface area contributed by atoms with Crippen LogP contribution in [0.3, 0.4) is 0 Å². The van der Waals surface area contributed by atoms with Gasteiger partial charge < -0.3 is 146 Å². The number of fused-ring (bicyclic) bond motifs is 5. The average molecular weight is 1480 g/mol. The largest absolute Gasteiger partial charge is 0.453 e. The van der Waals surface area contributed by atoms with E-state index in [2.05, 4.69) is 19.9 Å². The number of rotatable bonds is 24. The maximum atomic E-state index is 13.2. The number of allylic oxidation sites excluding steroid dienone is 2. The lowest BCUT2D eigenvalue weighted by atomic mass is 9.45. The molecule has 39 unspecified atom stereocenters. The number of methoxy groups -OCH3 is 4. The van der Waals surface area contributed by atoms with Crippen molar-refractivity contribution in [3.63, 3.8) is 0 Å². The number of carbonyl (C=O) groups is 1. The van der Waals surface area contributed by atoms with Crippen LogP contribution in [0.5, 0.6) is 0 Å². The molecular formula is C72H118O31. The Bertz CT molecular complexity index is 2810. The van der Waals surface area contributed by atoms with Crippen molar-refractivity contribution in [3.05, 3.63) is 23.3 Å². The first kappa shape index (κ1) is 81.8. The SMILES string of the molecule is CC=C(C)C(=O)OC1C(C)OC(OC2C(C)OC(OC3C(C)OC(OC4C(C)OC(OC5CCC6(C)C(=CCC7C6CCC6(C)C(C(C)OC8OC(COC9OC(COC%10OC(CO)C(O)C(O)C%10O)C(O)C(O)C9O)C(O)C(O)C8O)CCC76O)C5)CC4OC)CC3OC)CC2OC)CC1OC. The van der Waals surface area contributed by atoms with E-state index in [1.165, 1.54) is 5.57 Å². The highest BCUT2D eigenvalue weighted by atomic mass is 16.8. The average Bonchev–Trinajstić information content (AvgIpc) is 1.61. The maximum Gasteiger partial charge on any atom is 0.333 e. The van der Waals surface area contributed by atoms with Gasteiger partial charge in [-0.05, 0) is 123 Å². The van der Waals surface area contributed by atoms with Gasteiger partial charge in [-0.2, -0.15) is 0 Å². The smallest absolute Gasteiger partial charge is 0.333 e. The highest BCUT2D eigenvalue weighted by molar-refractivity contribution is 5.87. The molecule has 31 heteroatoms. The van der Waals surface area contributed by atoms with Crippen molar-refractivity contribution in [2.24, 2.45) is 28.6 Å². The fourth-order valence-electron chi connectivity index (χ4n) is 18.9. The molecule has 7 heterocycles. The van der Waals surface area contributed by atoms with E-state index in [-0.39, 0.29) is 35.4 Å². The second-order valence-corrected chi connectivity index (χ2v) is 31.1. The molecule has 3 saturated carbocycles. The molecule has 11 rings (SSSR count). The van der Waals surface area contributed by atoms with E-state index in [0.29, 0.717) is 56.9 Å². The molecule has 592 valence electrons. The topological polar surface area (TPSA) is 415 Å². The maximum absolute atomic E-state index is 13.2. The van der Waals surface area contributed by atoms with E-state index in [1.807, 2.05) is 34.6 Å². The van der Waals surface area contributed by atoms with Crippen LogP contribution in [0.4, 0.5) is 0 Å². The van der Waals surface area contributed by atoms with Crippen molar-refractivity contribution >= 4 is 5.97 Å². The first-order chi connectivity index (χ1) is 48.9. The molecule has 31 nitrogen and oxygen atoms in total. The minimum Gasteiger partial charge on any atom is -0.453 e. The van der Waals surface area contributed by atoms with Crippen molar-refractivity contribution in [2.75, 3.05) is 48.3 Å². The fraction of sp³-hybridized carbons (Fsp3) is 0.931. The van der Waals surface area contributed by atoms with Crippen molar-refractivity contribution < 1.29 is 151 Å². The van der Waals surface area contributed by atoms with E-state index < -0.39 is 227 Å². The lowest BCUT2D eigenvalue weighted by molar-refractivity contribution is -0.347.